The number of carbonyl (C=O) groups is 1. The monoisotopic (exact) mass is 535 g/mol. The van der Waals surface area contributed by atoms with Crippen molar-refractivity contribution >= 4 is 17.5 Å². The molecule has 2 unspecified atom stereocenters. The van der Waals surface area contributed by atoms with E-state index in [0.717, 1.165) is 23.0 Å². The van der Waals surface area contributed by atoms with E-state index in [2.05, 4.69) is 15.8 Å². The molecule has 0 radical (unpaired) electrons. The maximum atomic E-state index is 14.1. The van der Waals surface area contributed by atoms with Crippen molar-refractivity contribution in [3.8, 4) is 17.6 Å². The van der Waals surface area contributed by atoms with E-state index >= 15 is 0 Å². The van der Waals surface area contributed by atoms with Crippen LogP contribution in [0, 0.1) is 24.1 Å². The number of nitriles is 1. The third kappa shape index (κ3) is 5.73. The Morgan fingerprint density at radius 2 is 2.00 bits per heavy atom. The highest BCUT2D eigenvalue weighted by Crippen LogP contribution is 2.35. The molecule has 0 saturated carbocycles. The van der Waals surface area contributed by atoms with E-state index < -0.39 is 46.9 Å². The van der Waals surface area contributed by atoms with Gasteiger partial charge in [-0.05, 0) is 48.7 Å². The first-order chi connectivity index (χ1) is 17.5. The van der Waals surface area contributed by atoms with Gasteiger partial charge in [0.15, 0.2) is 5.69 Å². The molecule has 0 aliphatic carbocycles. The topological polar surface area (TPSA) is 109 Å². The van der Waals surface area contributed by atoms with Gasteiger partial charge >= 0.3 is 6.18 Å². The van der Waals surface area contributed by atoms with Crippen LogP contribution >= 0.6 is 11.6 Å². The molecule has 1 fully saturated rings. The van der Waals surface area contributed by atoms with Crippen LogP contribution in [-0.2, 0) is 17.5 Å². The number of nitrogens with one attached hydrogen (secondary N) is 2. The molecule has 13 heteroatoms. The van der Waals surface area contributed by atoms with Crippen molar-refractivity contribution in [1.29, 1.82) is 5.26 Å². The summed E-state index contributed by atoms with van der Waals surface area (Å²) in [4.78, 5) is 28.9. The second-order valence-corrected chi connectivity index (χ2v) is 8.83. The number of halogens is 5. The number of nitrogens with zero attached hydrogens (tertiary/aromatic N) is 3. The maximum Gasteiger partial charge on any atom is 0.437 e. The molecule has 1 amide bonds. The van der Waals surface area contributed by atoms with Gasteiger partial charge in [-0.2, -0.15) is 18.4 Å². The highest BCUT2D eigenvalue weighted by molar-refractivity contribution is 6.30. The smallest absolute Gasteiger partial charge is 0.437 e. The lowest BCUT2D eigenvalue weighted by Gasteiger charge is -2.31. The van der Waals surface area contributed by atoms with Gasteiger partial charge in [0.2, 0.25) is 11.7 Å². The van der Waals surface area contributed by atoms with Crippen LogP contribution in [0.2, 0.25) is 5.02 Å². The summed E-state index contributed by atoms with van der Waals surface area (Å²) in [6.45, 7) is 1.39. The van der Waals surface area contributed by atoms with Crippen LogP contribution in [0.15, 0.2) is 47.5 Å². The number of amides is 1. The van der Waals surface area contributed by atoms with Crippen LogP contribution in [-0.4, -0.2) is 21.5 Å². The maximum absolute atomic E-state index is 14.1. The third-order valence-electron chi connectivity index (χ3n) is 5.74. The summed E-state index contributed by atoms with van der Waals surface area (Å²) < 4.78 is 61.1. The number of aromatic nitrogens is 2. The lowest BCUT2D eigenvalue weighted by molar-refractivity contribution is -0.142. The Morgan fingerprint density at radius 3 is 2.68 bits per heavy atom. The SMILES string of the molecule is Cc1ccc(C2CC(Cn3cnc(C(F)(F)F)c(Oc4cc(Cl)cc(C#N)c4)c3=O)NNC2=O)cc1F. The van der Waals surface area contributed by atoms with E-state index in [4.69, 9.17) is 21.6 Å². The average molecular weight is 536 g/mol. The van der Waals surface area contributed by atoms with Gasteiger partial charge in [-0.25, -0.2) is 14.8 Å². The molecule has 4 rings (SSSR count). The molecule has 3 aromatic rings. The number of ether oxygens (including phenoxy) is 1. The number of alkyl halides is 3. The van der Waals surface area contributed by atoms with Gasteiger partial charge in [-0.3, -0.25) is 19.6 Å². The fourth-order valence-corrected chi connectivity index (χ4v) is 4.11. The van der Waals surface area contributed by atoms with Gasteiger partial charge in [0.1, 0.15) is 11.6 Å². The molecule has 0 spiro atoms. The van der Waals surface area contributed by atoms with Crippen LogP contribution in [0.4, 0.5) is 17.6 Å². The van der Waals surface area contributed by atoms with Crippen molar-refractivity contribution in [1.82, 2.24) is 20.4 Å². The fourth-order valence-electron chi connectivity index (χ4n) is 3.88. The number of hydrogen-bond donors (Lipinski definition) is 2. The zero-order chi connectivity index (χ0) is 26.9. The lowest BCUT2D eigenvalue weighted by atomic mass is 9.89. The number of hydrazine groups is 1. The Morgan fingerprint density at radius 1 is 1.24 bits per heavy atom. The molecule has 37 heavy (non-hydrogen) atoms. The van der Waals surface area contributed by atoms with E-state index in [1.165, 1.54) is 18.2 Å². The molecule has 2 aromatic carbocycles. The molecule has 1 aromatic heterocycles. The van der Waals surface area contributed by atoms with Crippen molar-refractivity contribution in [3.63, 3.8) is 0 Å². The quantitative estimate of drug-likeness (QED) is 0.474. The largest absolute Gasteiger partial charge is 0.449 e. The van der Waals surface area contributed by atoms with Gasteiger partial charge in [-0.1, -0.05) is 23.7 Å². The predicted molar refractivity (Wildman–Crippen MR) is 123 cm³/mol. The van der Waals surface area contributed by atoms with Crippen LogP contribution < -0.4 is 21.1 Å². The van der Waals surface area contributed by atoms with E-state index in [1.54, 1.807) is 19.1 Å². The van der Waals surface area contributed by atoms with Crippen LogP contribution in [0.25, 0.3) is 0 Å². The standard InChI is InChI=1S/C24H18ClF4N5O3/c1-12-2-3-14(6-19(12)26)18-8-16(32-33-22(18)35)10-34-11-31-21(24(27,28)29)20(23(34)36)37-17-5-13(9-30)4-15(25)7-17/h2-7,11,16,18,32H,8,10H2,1H3,(H,33,35). The fraction of sp³-hybridized carbons (Fsp3) is 0.250. The van der Waals surface area contributed by atoms with E-state index in [-0.39, 0.29) is 29.3 Å². The molecular weight excluding hydrogens is 518 g/mol. The Kier molecular flexibility index (Phi) is 7.20. The van der Waals surface area contributed by atoms with Gasteiger partial charge in [0.25, 0.3) is 5.56 Å². The van der Waals surface area contributed by atoms with Crippen LogP contribution in [0.1, 0.15) is 34.7 Å². The van der Waals surface area contributed by atoms with Gasteiger partial charge in [-0.15, -0.1) is 0 Å². The lowest BCUT2D eigenvalue weighted by Crippen LogP contribution is -2.54. The van der Waals surface area contributed by atoms with Gasteiger partial charge in [0.05, 0.1) is 23.9 Å². The second-order valence-electron chi connectivity index (χ2n) is 8.39. The van der Waals surface area contributed by atoms with Crippen molar-refractivity contribution in [2.75, 3.05) is 0 Å². The summed E-state index contributed by atoms with van der Waals surface area (Å²) in [5, 5.41) is 9.11. The van der Waals surface area contributed by atoms with E-state index in [9.17, 15) is 27.2 Å². The summed E-state index contributed by atoms with van der Waals surface area (Å²) in [5.41, 5.74) is 3.32. The minimum Gasteiger partial charge on any atom is -0.449 e. The first-order valence-corrected chi connectivity index (χ1v) is 11.2. The number of rotatable bonds is 5. The Hall–Kier alpha value is -3.95. The molecule has 1 aliphatic rings. The Balaban J connectivity index is 1.65. The zero-order valence-electron chi connectivity index (χ0n) is 19.1. The molecule has 1 aliphatic heterocycles. The molecule has 0 bridgehead atoms. The molecule has 2 N–H and O–H groups in total. The molecule has 8 nitrogen and oxygen atoms in total. The third-order valence-corrected chi connectivity index (χ3v) is 5.95. The Bertz CT molecular complexity index is 1470. The zero-order valence-corrected chi connectivity index (χ0v) is 19.8. The summed E-state index contributed by atoms with van der Waals surface area (Å²) in [7, 11) is 0. The van der Waals surface area contributed by atoms with Crippen molar-refractivity contribution in [2.24, 2.45) is 0 Å². The summed E-state index contributed by atoms with van der Waals surface area (Å²) >= 11 is 5.90. The first kappa shape index (κ1) is 26.1. The normalized spacial score (nSPS) is 17.7. The minimum atomic E-state index is -5.01. The summed E-state index contributed by atoms with van der Waals surface area (Å²) in [6.07, 6.45) is -4.16. The highest BCUT2D eigenvalue weighted by Gasteiger charge is 2.39. The number of carbonyl (C=O) groups excluding carboxylic acids is 1. The molecule has 1 saturated heterocycles. The summed E-state index contributed by atoms with van der Waals surface area (Å²) in [5.74, 6) is -3.01. The van der Waals surface area contributed by atoms with E-state index in [0.29, 0.717) is 11.1 Å². The predicted octanol–water partition coefficient (Wildman–Crippen LogP) is 4.20. The first-order valence-electron chi connectivity index (χ1n) is 10.8. The Labute approximate surface area is 212 Å². The molecule has 192 valence electrons. The van der Waals surface area contributed by atoms with E-state index in [1.807, 2.05) is 0 Å². The van der Waals surface area contributed by atoms with Crippen molar-refractivity contribution in [3.05, 3.63) is 86.3 Å². The highest BCUT2D eigenvalue weighted by atomic mass is 35.5. The molecule has 2 heterocycles. The van der Waals surface area contributed by atoms with Gasteiger partial charge < -0.3 is 4.74 Å². The second kappa shape index (κ2) is 10.2. The van der Waals surface area contributed by atoms with Crippen molar-refractivity contribution < 1.29 is 27.1 Å². The number of benzene rings is 2. The summed E-state index contributed by atoms with van der Waals surface area (Å²) in [6, 6.07) is 9.14. The minimum absolute atomic E-state index is 0.0148. The number of hydrogen-bond acceptors (Lipinski definition) is 6. The van der Waals surface area contributed by atoms with Crippen molar-refractivity contribution in [2.45, 2.75) is 38.0 Å². The van der Waals surface area contributed by atoms with Gasteiger partial charge in [0, 0.05) is 17.6 Å². The molecular formula is C24H18ClF4N5O3. The average Bonchev–Trinajstić information content (AvgIpc) is 2.83. The number of aryl methyl sites for hydroxylation is 1. The van der Waals surface area contributed by atoms with Crippen LogP contribution in [0.3, 0.4) is 0 Å². The van der Waals surface area contributed by atoms with Crippen LogP contribution in [0.5, 0.6) is 11.5 Å². The molecule has 2 atom stereocenters.